The van der Waals surface area contributed by atoms with Crippen LogP contribution in [0.5, 0.6) is 5.75 Å². The summed E-state index contributed by atoms with van der Waals surface area (Å²) in [6.07, 6.45) is 0.772. The fraction of sp³-hybridized carbons (Fsp3) is 0.545. The van der Waals surface area contributed by atoms with Crippen LogP contribution in [0.25, 0.3) is 0 Å². The fourth-order valence-electron chi connectivity index (χ4n) is 3.30. The number of amides is 2. The molecule has 0 unspecified atom stereocenters. The van der Waals surface area contributed by atoms with Crippen LogP contribution in [0.3, 0.4) is 0 Å². The minimum Gasteiger partial charge on any atom is -0.492 e. The third-order valence-electron chi connectivity index (χ3n) is 5.01. The Hall–Kier alpha value is -2.28. The van der Waals surface area contributed by atoms with Crippen molar-refractivity contribution in [2.45, 2.75) is 39.5 Å². The van der Waals surface area contributed by atoms with Crippen LogP contribution < -0.4 is 15.0 Å². The van der Waals surface area contributed by atoms with E-state index in [1.54, 1.807) is 11.3 Å². The normalized spacial score (nSPS) is 14.8. The Bertz CT molecular complexity index is 807. The molecule has 1 aliphatic rings. The van der Waals surface area contributed by atoms with Gasteiger partial charge in [0.2, 0.25) is 0 Å². The topological polar surface area (TPSA) is 57.7 Å². The number of ether oxygens (including phenoxy) is 1. The molecule has 2 aromatic rings. The Morgan fingerprint density at radius 1 is 1.21 bits per heavy atom. The number of hydrogen-bond donors (Lipinski definition) is 1. The van der Waals surface area contributed by atoms with Crippen molar-refractivity contribution in [1.82, 2.24) is 15.2 Å². The maximum atomic E-state index is 12.5. The number of thiazole rings is 1. The second-order valence-electron chi connectivity index (χ2n) is 8.23. The van der Waals surface area contributed by atoms with E-state index in [9.17, 15) is 4.79 Å². The number of nitrogens with zero attached hydrogens (tertiary/aromatic N) is 3. The zero-order chi connectivity index (χ0) is 20.9. The van der Waals surface area contributed by atoms with Gasteiger partial charge < -0.3 is 19.9 Å². The van der Waals surface area contributed by atoms with Gasteiger partial charge in [0.25, 0.3) is 0 Å². The van der Waals surface area contributed by atoms with Gasteiger partial charge in [0, 0.05) is 49.9 Å². The summed E-state index contributed by atoms with van der Waals surface area (Å²) >= 11 is 1.67. The minimum absolute atomic E-state index is 0.00958. The summed E-state index contributed by atoms with van der Waals surface area (Å²) in [6.45, 7) is 12.8. The van der Waals surface area contributed by atoms with E-state index in [1.807, 2.05) is 30.0 Å². The van der Waals surface area contributed by atoms with E-state index in [1.165, 1.54) is 0 Å². The third kappa shape index (κ3) is 5.63. The van der Waals surface area contributed by atoms with Gasteiger partial charge in [0.1, 0.15) is 5.75 Å². The summed E-state index contributed by atoms with van der Waals surface area (Å²) in [4.78, 5) is 21.4. The average molecular weight is 417 g/mol. The van der Waals surface area contributed by atoms with Crippen LogP contribution in [0, 0.1) is 0 Å². The number of urea groups is 1. The highest BCUT2D eigenvalue weighted by Crippen LogP contribution is 2.29. The average Bonchev–Trinajstić information content (AvgIpc) is 3.18. The van der Waals surface area contributed by atoms with E-state index < -0.39 is 0 Å². The van der Waals surface area contributed by atoms with Crippen LogP contribution >= 0.6 is 11.3 Å². The fourth-order valence-corrected chi connectivity index (χ4v) is 4.33. The molecule has 0 atom stereocenters. The van der Waals surface area contributed by atoms with Crippen molar-refractivity contribution in [3.05, 3.63) is 40.3 Å². The molecule has 1 aromatic carbocycles. The highest BCUT2D eigenvalue weighted by Gasteiger charge is 2.23. The first kappa shape index (κ1) is 21.4. The monoisotopic (exact) mass is 416 g/mol. The Balaban J connectivity index is 1.45. The van der Waals surface area contributed by atoms with E-state index in [2.05, 4.69) is 42.4 Å². The van der Waals surface area contributed by atoms with E-state index in [4.69, 9.17) is 9.72 Å². The Kier molecular flexibility index (Phi) is 7.00. The van der Waals surface area contributed by atoms with Crippen molar-refractivity contribution in [2.24, 2.45) is 0 Å². The second kappa shape index (κ2) is 9.48. The molecule has 1 N–H and O–H groups in total. The lowest BCUT2D eigenvalue weighted by Gasteiger charge is -2.36. The first-order valence-electron chi connectivity index (χ1n) is 10.3. The zero-order valence-corrected chi connectivity index (χ0v) is 18.7. The molecule has 3 rings (SSSR count). The number of para-hydroxylation sites is 2. The molecule has 1 saturated heterocycles. The van der Waals surface area contributed by atoms with Gasteiger partial charge in [0.15, 0.2) is 0 Å². The van der Waals surface area contributed by atoms with E-state index in [0.29, 0.717) is 26.2 Å². The van der Waals surface area contributed by atoms with E-state index in [0.717, 1.165) is 41.6 Å². The van der Waals surface area contributed by atoms with Crippen LogP contribution in [-0.2, 0) is 11.8 Å². The molecule has 0 saturated carbocycles. The molecule has 0 bridgehead atoms. The van der Waals surface area contributed by atoms with Gasteiger partial charge in [-0.3, -0.25) is 0 Å². The zero-order valence-electron chi connectivity index (χ0n) is 17.9. The lowest BCUT2D eigenvalue weighted by Crippen LogP contribution is -2.52. The van der Waals surface area contributed by atoms with Crippen molar-refractivity contribution < 1.29 is 9.53 Å². The molecule has 0 radical (unpaired) electrons. The number of piperazine rings is 1. The Morgan fingerprint density at radius 2 is 1.93 bits per heavy atom. The molecule has 2 heterocycles. The van der Waals surface area contributed by atoms with Gasteiger partial charge >= 0.3 is 6.03 Å². The maximum Gasteiger partial charge on any atom is 0.317 e. The molecular formula is C22H32N4O2S. The van der Waals surface area contributed by atoms with Gasteiger partial charge in [-0.2, -0.15) is 0 Å². The Labute approximate surface area is 177 Å². The minimum atomic E-state index is 0.00958. The number of rotatable bonds is 6. The SMILES string of the molecule is CCOc1ccccc1N1CCN(C(=O)NCCc2nc(C(C)(C)C)cs2)CC1. The Morgan fingerprint density at radius 3 is 2.59 bits per heavy atom. The van der Waals surface area contributed by atoms with Crippen molar-refractivity contribution in [3.63, 3.8) is 0 Å². The molecule has 0 spiro atoms. The summed E-state index contributed by atoms with van der Waals surface area (Å²) in [6, 6.07) is 8.11. The molecule has 6 nitrogen and oxygen atoms in total. The van der Waals surface area contributed by atoms with Crippen molar-refractivity contribution in [2.75, 3.05) is 44.2 Å². The van der Waals surface area contributed by atoms with Crippen LogP contribution in [0.2, 0.25) is 0 Å². The number of nitrogens with one attached hydrogen (secondary N) is 1. The molecule has 7 heteroatoms. The van der Waals surface area contributed by atoms with Crippen LogP contribution in [0.4, 0.5) is 10.5 Å². The highest BCUT2D eigenvalue weighted by atomic mass is 32.1. The maximum absolute atomic E-state index is 12.5. The van der Waals surface area contributed by atoms with Gasteiger partial charge in [-0.25, -0.2) is 9.78 Å². The molecule has 29 heavy (non-hydrogen) atoms. The van der Waals surface area contributed by atoms with Crippen LogP contribution in [0.15, 0.2) is 29.6 Å². The molecule has 158 valence electrons. The van der Waals surface area contributed by atoms with Crippen LogP contribution in [0.1, 0.15) is 38.4 Å². The molecule has 1 aliphatic heterocycles. The summed E-state index contributed by atoms with van der Waals surface area (Å²) in [5.41, 5.74) is 2.29. The summed E-state index contributed by atoms with van der Waals surface area (Å²) < 4.78 is 5.74. The highest BCUT2D eigenvalue weighted by molar-refractivity contribution is 7.09. The second-order valence-corrected chi connectivity index (χ2v) is 9.18. The molecular weight excluding hydrogens is 384 g/mol. The summed E-state index contributed by atoms with van der Waals surface area (Å²) in [5, 5.41) is 6.24. The first-order valence-corrected chi connectivity index (χ1v) is 11.2. The van der Waals surface area contributed by atoms with Crippen molar-refractivity contribution >= 4 is 23.1 Å². The number of carbonyl (C=O) groups is 1. The lowest BCUT2D eigenvalue weighted by atomic mass is 9.93. The number of hydrogen-bond acceptors (Lipinski definition) is 5. The first-order chi connectivity index (χ1) is 13.9. The van der Waals surface area contributed by atoms with E-state index >= 15 is 0 Å². The lowest BCUT2D eigenvalue weighted by molar-refractivity contribution is 0.194. The number of benzene rings is 1. The number of anilines is 1. The van der Waals surface area contributed by atoms with Gasteiger partial charge in [-0.1, -0.05) is 32.9 Å². The summed E-state index contributed by atoms with van der Waals surface area (Å²) in [7, 11) is 0. The van der Waals surface area contributed by atoms with E-state index in [-0.39, 0.29) is 11.4 Å². The standard InChI is InChI=1S/C22H32N4O2S/c1-5-28-18-9-7-6-8-17(18)25-12-14-26(15-13-25)21(27)23-11-10-20-24-19(16-29-20)22(2,3)4/h6-9,16H,5,10-15H2,1-4H3,(H,23,27). The largest absolute Gasteiger partial charge is 0.492 e. The predicted octanol–water partition coefficient (Wildman–Crippen LogP) is 3.91. The number of aromatic nitrogens is 1. The third-order valence-corrected chi connectivity index (χ3v) is 5.92. The molecule has 2 amide bonds. The smallest absolute Gasteiger partial charge is 0.317 e. The van der Waals surface area contributed by atoms with Gasteiger partial charge in [0.05, 0.1) is 23.0 Å². The van der Waals surface area contributed by atoms with Crippen LogP contribution in [-0.4, -0.2) is 55.2 Å². The number of carbonyl (C=O) groups excluding carboxylic acids is 1. The quantitative estimate of drug-likeness (QED) is 0.776. The van der Waals surface area contributed by atoms with Gasteiger partial charge in [-0.05, 0) is 19.1 Å². The van der Waals surface area contributed by atoms with Crippen molar-refractivity contribution in [3.8, 4) is 5.75 Å². The molecule has 0 aliphatic carbocycles. The van der Waals surface area contributed by atoms with Gasteiger partial charge in [-0.15, -0.1) is 11.3 Å². The summed E-state index contributed by atoms with van der Waals surface area (Å²) in [5.74, 6) is 0.908. The predicted molar refractivity (Wildman–Crippen MR) is 119 cm³/mol. The molecule has 1 fully saturated rings. The molecule has 1 aromatic heterocycles. The van der Waals surface area contributed by atoms with Crippen molar-refractivity contribution in [1.29, 1.82) is 0 Å².